The van der Waals surface area contributed by atoms with Gasteiger partial charge >= 0.3 is 0 Å². The first kappa shape index (κ1) is 11.5. The summed E-state index contributed by atoms with van der Waals surface area (Å²) < 4.78 is 7.94. The van der Waals surface area contributed by atoms with Crippen LogP contribution in [0, 0.1) is 12.3 Å². The topological polar surface area (TPSA) is 27.1 Å². The lowest BCUT2D eigenvalue weighted by molar-refractivity contribution is 0.0981. The van der Waals surface area contributed by atoms with Crippen LogP contribution in [0.25, 0.3) is 0 Å². The molecule has 0 amide bonds. The van der Waals surface area contributed by atoms with Crippen molar-refractivity contribution in [2.45, 2.75) is 53.5 Å². The molecule has 0 aromatic carbocycles. The number of aromatic nitrogens is 2. The second kappa shape index (κ2) is 3.25. The molecule has 2 heterocycles. The maximum Gasteiger partial charge on any atom is 0.215 e. The van der Waals surface area contributed by atoms with Crippen LogP contribution in [0.4, 0.5) is 0 Å². The molecule has 0 saturated heterocycles. The van der Waals surface area contributed by atoms with E-state index in [9.17, 15) is 0 Å². The Kier molecular flexibility index (Phi) is 2.34. The number of aryl methyl sites for hydroxylation is 1. The summed E-state index contributed by atoms with van der Waals surface area (Å²) in [5, 5.41) is 4.60. The van der Waals surface area contributed by atoms with Gasteiger partial charge in [-0.2, -0.15) is 5.10 Å². The molecule has 16 heavy (non-hydrogen) atoms. The second-order valence-electron chi connectivity index (χ2n) is 6.63. The Morgan fingerprint density at radius 2 is 1.94 bits per heavy atom. The number of nitrogens with zero attached hydrogens (tertiary/aromatic N) is 2. The molecule has 1 aliphatic heterocycles. The first-order valence-electron chi connectivity index (χ1n) is 5.91. The van der Waals surface area contributed by atoms with Gasteiger partial charge in [-0.05, 0) is 12.3 Å². The average molecular weight is 222 g/mol. The van der Waals surface area contributed by atoms with Crippen molar-refractivity contribution in [3.05, 3.63) is 11.3 Å². The van der Waals surface area contributed by atoms with Gasteiger partial charge in [-0.3, -0.25) is 0 Å². The lowest BCUT2D eigenvalue weighted by Gasteiger charge is -2.32. The van der Waals surface area contributed by atoms with Crippen LogP contribution in [0.1, 0.15) is 45.9 Å². The lowest BCUT2D eigenvalue weighted by atomic mass is 9.86. The van der Waals surface area contributed by atoms with Crippen molar-refractivity contribution in [1.29, 1.82) is 0 Å². The highest BCUT2D eigenvalue weighted by Crippen LogP contribution is 2.38. The lowest BCUT2D eigenvalue weighted by Crippen LogP contribution is -2.33. The van der Waals surface area contributed by atoms with E-state index < -0.39 is 0 Å². The third kappa shape index (κ3) is 1.83. The van der Waals surface area contributed by atoms with Gasteiger partial charge in [-0.25, -0.2) is 4.68 Å². The normalized spacial score (nSPS) is 19.1. The van der Waals surface area contributed by atoms with Crippen LogP contribution >= 0.6 is 0 Å². The van der Waals surface area contributed by atoms with Gasteiger partial charge in [0, 0.05) is 11.0 Å². The van der Waals surface area contributed by atoms with Crippen molar-refractivity contribution in [2.24, 2.45) is 5.41 Å². The molecule has 0 N–H and O–H groups in total. The fraction of sp³-hybridized carbons (Fsp3) is 0.769. The van der Waals surface area contributed by atoms with Gasteiger partial charge in [0.2, 0.25) is 5.88 Å². The maximum absolute atomic E-state index is 5.92. The third-order valence-corrected chi connectivity index (χ3v) is 3.01. The highest BCUT2D eigenvalue weighted by atomic mass is 16.5. The number of hydrogen-bond acceptors (Lipinski definition) is 2. The zero-order chi connectivity index (χ0) is 12.1. The first-order valence-corrected chi connectivity index (χ1v) is 5.91. The van der Waals surface area contributed by atoms with E-state index in [2.05, 4.69) is 46.6 Å². The summed E-state index contributed by atoms with van der Waals surface area (Å²) in [6.45, 7) is 14.8. The molecule has 3 heteroatoms. The number of fused-ring (bicyclic) bond motifs is 1. The molecule has 2 rings (SSSR count). The molecular weight excluding hydrogens is 200 g/mol. The molecule has 0 atom stereocenters. The summed E-state index contributed by atoms with van der Waals surface area (Å²) in [5.41, 5.74) is 2.63. The summed E-state index contributed by atoms with van der Waals surface area (Å²) in [6, 6.07) is 0. The van der Waals surface area contributed by atoms with E-state index in [4.69, 9.17) is 4.74 Å². The van der Waals surface area contributed by atoms with Crippen LogP contribution in [0.2, 0.25) is 0 Å². The van der Waals surface area contributed by atoms with Crippen LogP contribution in [0.5, 0.6) is 5.88 Å². The first-order chi connectivity index (χ1) is 7.21. The van der Waals surface area contributed by atoms with Crippen molar-refractivity contribution in [1.82, 2.24) is 9.78 Å². The Bertz CT molecular complexity index is 410. The fourth-order valence-electron chi connectivity index (χ4n) is 2.39. The molecule has 1 aliphatic rings. The highest BCUT2D eigenvalue weighted by molar-refractivity contribution is 5.38. The minimum absolute atomic E-state index is 0.0964. The van der Waals surface area contributed by atoms with E-state index in [1.165, 1.54) is 5.56 Å². The van der Waals surface area contributed by atoms with Gasteiger partial charge < -0.3 is 4.74 Å². The fourth-order valence-corrected chi connectivity index (χ4v) is 2.39. The summed E-state index contributed by atoms with van der Waals surface area (Å²) in [5.74, 6) is 0.976. The molecule has 0 aliphatic carbocycles. The van der Waals surface area contributed by atoms with Crippen molar-refractivity contribution in [3.63, 3.8) is 0 Å². The zero-order valence-corrected chi connectivity index (χ0v) is 11.2. The zero-order valence-electron chi connectivity index (χ0n) is 11.2. The quantitative estimate of drug-likeness (QED) is 0.675. The van der Waals surface area contributed by atoms with E-state index in [0.29, 0.717) is 0 Å². The van der Waals surface area contributed by atoms with Crippen molar-refractivity contribution >= 4 is 0 Å². The Balaban J connectivity index is 2.49. The Labute approximate surface area is 97.8 Å². The van der Waals surface area contributed by atoms with E-state index in [-0.39, 0.29) is 10.8 Å². The van der Waals surface area contributed by atoms with Crippen LogP contribution < -0.4 is 4.74 Å². The van der Waals surface area contributed by atoms with Gasteiger partial charge in [0.05, 0.1) is 18.8 Å². The van der Waals surface area contributed by atoms with E-state index in [1.54, 1.807) is 0 Å². The minimum atomic E-state index is 0.0964. The maximum atomic E-state index is 5.92. The molecule has 0 saturated carbocycles. The van der Waals surface area contributed by atoms with Crippen molar-refractivity contribution in [2.75, 3.05) is 6.61 Å². The Morgan fingerprint density at radius 3 is 2.50 bits per heavy atom. The number of rotatable bonds is 0. The molecule has 0 fully saturated rings. The largest absolute Gasteiger partial charge is 0.477 e. The minimum Gasteiger partial charge on any atom is -0.477 e. The van der Waals surface area contributed by atoms with Crippen LogP contribution in [-0.2, 0) is 12.0 Å². The smallest absolute Gasteiger partial charge is 0.215 e. The average Bonchev–Trinajstić information content (AvgIpc) is 2.36. The molecule has 0 radical (unpaired) electrons. The van der Waals surface area contributed by atoms with E-state index in [0.717, 1.165) is 24.7 Å². The van der Waals surface area contributed by atoms with Crippen molar-refractivity contribution in [3.8, 4) is 5.88 Å². The summed E-state index contributed by atoms with van der Waals surface area (Å²) in [7, 11) is 0. The number of hydrogen-bond donors (Lipinski definition) is 0. The molecular formula is C13H22N2O. The van der Waals surface area contributed by atoms with Crippen LogP contribution in [0.3, 0.4) is 0 Å². The van der Waals surface area contributed by atoms with Gasteiger partial charge in [0.15, 0.2) is 0 Å². The Hall–Kier alpha value is -0.990. The second-order valence-corrected chi connectivity index (χ2v) is 6.63. The Morgan fingerprint density at radius 1 is 1.31 bits per heavy atom. The van der Waals surface area contributed by atoms with E-state index >= 15 is 0 Å². The predicted molar refractivity (Wildman–Crippen MR) is 64.9 cm³/mol. The molecule has 0 unspecified atom stereocenters. The molecule has 1 aromatic heterocycles. The van der Waals surface area contributed by atoms with Gasteiger partial charge in [-0.1, -0.05) is 34.6 Å². The number of ether oxygens (including phenoxy) is 1. The highest BCUT2D eigenvalue weighted by Gasteiger charge is 2.34. The standard InChI is InChI=1S/C13H22N2O/c1-9-10(12(2,3)4)11-15(14-9)7-13(5,6)8-16-11/h7-8H2,1-6H3. The van der Waals surface area contributed by atoms with Gasteiger partial charge in [0.25, 0.3) is 0 Å². The SMILES string of the molecule is Cc1nn2c(c1C(C)(C)C)OCC(C)(C)C2. The van der Waals surface area contributed by atoms with Crippen LogP contribution in [0.15, 0.2) is 0 Å². The summed E-state index contributed by atoms with van der Waals surface area (Å²) >= 11 is 0. The molecule has 0 bridgehead atoms. The summed E-state index contributed by atoms with van der Waals surface area (Å²) in [6.07, 6.45) is 0. The predicted octanol–water partition coefficient (Wildman–Crippen LogP) is 2.91. The monoisotopic (exact) mass is 222 g/mol. The summed E-state index contributed by atoms with van der Waals surface area (Å²) in [4.78, 5) is 0. The van der Waals surface area contributed by atoms with Gasteiger partial charge in [0.1, 0.15) is 0 Å². The van der Waals surface area contributed by atoms with E-state index in [1.807, 2.05) is 4.68 Å². The molecule has 1 aromatic rings. The molecule has 3 nitrogen and oxygen atoms in total. The van der Waals surface area contributed by atoms with Crippen LogP contribution in [-0.4, -0.2) is 16.4 Å². The van der Waals surface area contributed by atoms with Gasteiger partial charge in [-0.15, -0.1) is 0 Å². The van der Waals surface area contributed by atoms with Crippen molar-refractivity contribution < 1.29 is 4.74 Å². The molecule has 90 valence electrons. The molecule has 0 spiro atoms. The third-order valence-electron chi connectivity index (χ3n) is 3.01.